The molecule has 0 aliphatic rings. The fourth-order valence-electron chi connectivity index (χ4n) is 1.67. The van der Waals surface area contributed by atoms with Gasteiger partial charge in [-0.15, -0.1) is 0 Å². The Morgan fingerprint density at radius 1 is 1.42 bits per heavy atom. The summed E-state index contributed by atoms with van der Waals surface area (Å²) in [6.07, 6.45) is 1.69. The van der Waals surface area contributed by atoms with Crippen molar-refractivity contribution in [1.82, 2.24) is 4.98 Å². The lowest BCUT2D eigenvalue weighted by Crippen LogP contribution is -2.15. The number of hydrogen-bond donors (Lipinski definition) is 3. The van der Waals surface area contributed by atoms with Gasteiger partial charge in [0.05, 0.1) is 18.3 Å². The van der Waals surface area contributed by atoms with Crippen LogP contribution in [0.3, 0.4) is 0 Å². The molecule has 0 bridgehead atoms. The highest BCUT2D eigenvalue weighted by atomic mass is 16.3. The predicted molar refractivity (Wildman–Crippen MR) is 73.8 cm³/mol. The molecule has 2 rings (SSSR count). The standard InChI is InChI=1S/C14H15N3O2/c1-9-5-13(16-8-12(9)15)17-14(19)7-10-3-2-4-11(18)6-10/h2-6,8,18H,7,15H2,1H3,(H,16,17,19). The second-order valence-electron chi connectivity index (χ2n) is 4.32. The van der Waals surface area contributed by atoms with E-state index in [9.17, 15) is 9.90 Å². The van der Waals surface area contributed by atoms with E-state index in [1.807, 2.05) is 6.92 Å². The van der Waals surface area contributed by atoms with Gasteiger partial charge in [-0.25, -0.2) is 4.98 Å². The Morgan fingerprint density at radius 3 is 2.89 bits per heavy atom. The molecule has 0 aliphatic heterocycles. The Bertz CT molecular complexity index is 611. The molecule has 2 aromatic rings. The first kappa shape index (κ1) is 12.9. The first-order valence-electron chi connectivity index (χ1n) is 5.84. The zero-order valence-electron chi connectivity index (χ0n) is 10.6. The number of nitrogens with zero attached hydrogens (tertiary/aromatic N) is 1. The number of rotatable bonds is 3. The number of aromatic nitrogens is 1. The van der Waals surface area contributed by atoms with Crippen LogP contribution in [0.2, 0.25) is 0 Å². The minimum Gasteiger partial charge on any atom is -0.508 e. The Morgan fingerprint density at radius 2 is 2.21 bits per heavy atom. The van der Waals surface area contributed by atoms with E-state index in [4.69, 9.17) is 5.73 Å². The number of phenolic OH excluding ortho intramolecular Hbond substituents is 1. The number of anilines is 2. The summed E-state index contributed by atoms with van der Waals surface area (Å²) < 4.78 is 0. The van der Waals surface area contributed by atoms with Crippen molar-refractivity contribution in [1.29, 1.82) is 0 Å². The van der Waals surface area contributed by atoms with Crippen LogP contribution in [-0.2, 0) is 11.2 Å². The third-order valence-electron chi connectivity index (χ3n) is 2.69. The van der Waals surface area contributed by atoms with Crippen molar-refractivity contribution >= 4 is 17.4 Å². The summed E-state index contributed by atoms with van der Waals surface area (Å²) in [7, 11) is 0. The highest BCUT2D eigenvalue weighted by Gasteiger charge is 2.06. The number of phenols is 1. The van der Waals surface area contributed by atoms with Gasteiger partial charge >= 0.3 is 0 Å². The summed E-state index contributed by atoms with van der Waals surface area (Å²) in [6, 6.07) is 8.31. The average molecular weight is 257 g/mol. The number of nitrogens with one attached hydrogen (secondary N) is 1. The number of carbonyl (C=O) groups is 1. The molecule has 19 heavy (non-hydrogen) atoms. The van der Waals surface area contributed by atoms with Crippen LogP contribution in [0.15, 0.2) is 36.5 Å². The first-order valence-corrected chi connectivity index (χ1v) is 5.84. The van der Waals surface area contributed by atoms with Gasteiger partial charge < -0.3 is 16.2 Å². The minimum atomic E-state index is -0.192. The highest BCUT2D eigenvalue weighted by Crippen LogP contribution is 2.14. The van der Waals surface area contributed by atoms with Gasteiger partial charge in [-0.3, -0.25) is 4.79 Å². The Hall–Kier alpha value is -2.56. The van der Waals surface area contributed by atoms with Crippen molar-refractivity contribution in [2.45, 2.75) is 13.3 Å². The van der Waals surface area contributed by atoms with Gasteiger partial charge in [-0.1, -0.05) is 12.1 Å². The predicted octanol–water partition coefficient (Wildman–Crippen LogP) is 1.86. The fraction of sp³-hybridized carbons (Fsp3) is 0.143. The molecule has 1 amide bonds. The van der Waals surface area contributed by atoms with Gasteiger partial charge in [-0.2, -0.15) is 0 Å². The zero-order chi connectivity index (χ0) is 13.8. The number of carbonyl (C=O) groups excluding carboxylic acids is 1. The maximum Gasteiger partial charge on any atom is 0.229 e. The molecule has 0 aliphatic carbocycles. The molecule has 0 saturated carbocycles. The quantitative estimate of drug-likeness (QED) is 0.783. The molecule has 1 aromatic heterocycles. The van der Waals surface area contributed by atoms with Crippen LogP contribution in [0.25, 0.3) is 0 Å². The molecule has 0 atom stereocenters. The van der Waals surface area contributed by atoms with Crippen LogP contribution in [0.5, 0.6) is 5.75 Å². The van der Waals surface area contributed by atoms with Crippen LogP contribution in [0, 0.1) is 6.92 Å². The summed E-state index contributed by atoms with van der Waals surface area (Å²) in [6.45, 7) is 1.85. The van der Waals surface area contributed by atoms with Crippen LogP contribution in [-0.4, -0.2) is 16.0 Å². The lowest BCUT2D eigenvalue weighted by molar-refractivity contribution is -0.115. The second-order valence-corrected chi connectivity index (χ2v) is 4.32. The third-order valence-corrected chi connectivity index (χ3v) is 2.69. The number of amides is 1. The van der Waals surface area contributed by atoms with Crippen molar-refractivity contribution in [3.05, 3.63) is 47.7 Å². The number of aromatic hydroxyl groups is 1. The molecule has 98 valence electrons. The van der Waals surface area contributed by atoms with E-state index in [1.165, 1.54) is 6.20 Å². The molecule has 0 radical (unpaired) electrons. The molecule has 0 unspecified atom stereocenters. The Kier molecular flexibility index (Phi) is 3.66. The number of pyridine rings is 1. The molecular formula is C14H15N3O2. The van der Waals surface area contributed by atoms with E-state index in [2.05, 4.69) is 10.3 Å². The van der Waals surface area contributed by atoms with Crippen LogP contribution < -0.4 is 11.1 Å². The molecule has 5 nitrogen and oxygen atoms in total. The second kappa shape index (κ2) is 5.39. The molecular weight excluding hydrogens is 242 g/mol. The third kappa shape index (κ3) is 3.45. The van der Waals surface area contributed by atoms with Crippen molar-refractivity contribution in [3.63, 3.8) is 0 Å². The van der Waals surface area contributed by atoms with Crippen LogP contribution in [0.1, 0.15) is 11.1 Å². The number of hydrogen-bond acceptors (Lipinski definition) is 4. The number of nitrogens with two attached hydrogens (primary N) is 1. The zero-order valence-corrected chi connectivity index (χ0v) is 10.6. The number of nitrogen functional groups attached to an aromatic ring is 1. The van der Waals surface area contributed by atoms with E-state index in [1.54, 1.807) is 30.3 Å². The van der Waals surface area contributed by atoms with Crippen molar-refractivity contribution in [2.24, 2.45) is 0 Å². The van der Waals surface area contributed by atoms with Crippen LogP contribution >= 0.6 is 0 Å². The molecule has 0 spiro atoms. The van der Waals surface area contributed by atoms with Gasteiger partial charge in [0.2, 0.25) is 5.91 Å². The smallest absolute Gasteiger partial charge is 0.229 e. The van der Waals surface area contributed by atoms with Crippen molar-refractivity contribution in [3.8, 4) is 5.75 Å². The van der Waals surface area contributed by atoms with Gasteiger partial charge in [0.15, 0.2) is 0 Å². The van der Waals surface area contributed by atoms with Gasteiger partial charge in [0, 0.05) is 0 Å². The maximum atomic E-state index is 11.8. The van der Waals surface area contributed by atoms with Crippen molar-refractivity contribution < 1.29 is 9.90 Å². The number of benzene rings is 1. The largest absolute Gasteiger partial charge is 0.508 e. The van der Waals surface area contributed by atoms with E-state index in [0.717, 1.165) is 11.1 Å². The van der Waals surface area contributed by atoms with E-state index in [0.29, 0.717) is 11.5 Å². The van der Waals surface area contributed by atoms with E-state index in [-0.39, 0.29) is 18.1 Å². The van der Waals surface area contributed by atoms with E-state index < -0.39 is 0 Å². The molecule has 0 saturated heterocycles. The van der Waals surface area contributed by atoms with E-state index >= 15 is 0 Å². The molecule has 1 aromatic carbocycles. The SMILES string of the molecule is Cc1cc(NC(=O)Cc2cccc(O)c2)ncc1N. The Labute approximate surface area is 111 Å². The monoisotopic (exact) mass is 257 g/mol. The summed E-state index contributed by atoms with van der Waals surface area (Å²) in [5.41, 5.74) is 7.85. The van der Waals surface area contributed by atoms with Crippen LogP contribution in [0.4, 0.5) is 11.5 Å². The van der Waals surface area contributed by atoms with Crippen molar-refractivity contribution in [2.75, 3.05) is 11.1 Å². The highest BCUT2D eigenvalue weighted by molar-refractivity contribution is 5.91. The Balaban J connectivity index is 2.03. The fourth-order valence-corrected chi connectivity index (χ4v) is 1.67. The van der Waals surface area contributed by atoms with Gasteiger partial charge in [0.1, 0.15) is 11.6 Å². The summed E-state index contributed by atoms with van der Waals surface area (Å²) in [5.74, 6) is 0.422. The lowest BCUT2D eigenvalue weighted by atomic mass is 10.1. The minimum absolute atomic E-state index is 0.145. The molecule has 4 N–H and O–H groups in total. The van der Waals surface area contributed by atoms with Gasteiger partial charge in [-0.05, 0) is 36.2 Å². The van der Waals surface area contributed by atoms with Gasteiger partial charge in [0.25, 0.3) is 0 Å². The summed E-state index contributed by atoms with van der Waals surface area (Å²) in [5, 5.41) is 12.0. The molecule has 1 heterocycles. The number of aryl methyl sites for hydroxylation is 1. The normalized spacial score (nSPS) is 10.2. The molecule has 0 fully saturated rings. The summed E-state index contributed by atoms with van der Waals surface area (Å²) in [4.78, 5) is 15.9. The first-order chi connectivity index (χ1) is 9.04. The molecule has 5 heteroatoms. The maximum absolute atomic E-state index is 11.8. The average Bonchev–Trinajstić information content (AvgIpc) is 2.34. The lowest BCUT2D eigenvalue weighted by Gasteiger charge is -2.06. The topological polar surface area (TPSA) is 88.2 Å². The summed E-state index contributed by atoms with van der Waals surface area (Å²) >= 11 is 0.